The van der Waals surface area contributed by atoms with Crippen LogP contribution in [0.4, 0.5) is 0 Å². The van der Waals surface area contributed by atoms with Crippen LogP contribution in [0.2, 0.25) is 5.02 Å². The fraction of sp³-hybridized carbons (Fsp3) is 0.133. The third-order valence-electron chi connectivity index (χ3n) is 6.67. The molecule has 2 heteroatoms. The first kappa shape index (κ1) is 19.4. The fourth-order valence-electron chi connectivity index (χ4n) is 5.06. The molecule has 0 bridgehead atoms. The third kappa shape index (κ3) is 3.53. The zero-order valence-corrected chi connectivity index (χ0v) is 18.5. The molecule has 32 heavy (non-hydrogen) atoms. The first-order valence-electron chi connectivity index (χ1n) is 11.2. The van der Waals surface area contributed by atoms with E-state index >= 15 is 0 Å². The van der Waals surface area contributed by atoms with Gasteiger partial charge in [0.05, 0.1) is 0 Å². The van der Waals surface area contributed by atoms with Gasteiger partial charge >= 0.3 is 0 Å². The summed E-state index contributed by atoms with van der Waals surface area (Å²) in [6.45, 7) is 0. The molecule has 0 saturated heterocycles. The summed E-state index contributed by atoms with van der Waals surface area (Å²) < 4.78 is 5.94. The molecule has 0 aromatic heterocycles. The minimum Gasteiger partial charge on any atom is -0.457 e. The summed E-state index contributed by atoms with van der Waals surface area (Å²) in [6, 6.07) is 29.4. The number of hydrogen-bond donors (Lipinski definition) is 0. The van der Waals surface area contributed by atoms with Crippen molar-refractivity contribution in [2.45, 2.75) is 25.7 Å². The summed E-state index contributed by atoms with van der Waals surface area (Å²) in [4.78, 5) is 0. The Labute approximate surface area is 194 Å². The molecule has 4 aromatic rings. The standard InChI is InChI=1S/C30H23ClO/c31-24-10-14-26(15-11-24)32-25-12-5-20(6-13-25)22-8-16-28-23(19-22)9-18-29-27-4-2-1-3-21(27)7-17-30(28)29/h1-6,9-15,18-19H,7-8,16-17H2. The Balaban J connectivity index is 1.28. The summed E-state index contributed by atoms with van der Waals surface area (Å²) >= 11 is 5.96. The highest BCUT2D eigenvalue weighted by Crippen LogP contribution is 2.40. The number of ether oxygens (including phenoxy) is 1. The minimum absolute atomic E-state index is 0.711. The number of hydrogen-bond acceptors (Lipinski definition) is 1. The Bertz CT molecular complexity index is 1330. The van der Waals surface area contributed by atoms with Gasteiger partial charge in [-0.2, -0.15) is 0 Å². The zero-order chi connectivity index (χ0) is 21.5. The molecule has 1 nitrogen and oxygen atoms in total. The smallest absolute Gasteiger partial charge is 0.127 e. The van der Waals surface area contributed by atoms with E-state index in [1.165, 1.54) is 33.4 Å². The van der Waals surface area contributed by atoms with Gasteiger partial charge in [-0.15, -0.1) is 0 Å². The molecule has 6 rings (SSSR count). The Morgan fingerprint density at radius 2 is 1.31 bits per heavy atom. The van der Waals surface area contributed by atoms with E-state index in [9.17, 15) is 0 Å². The van der Waals surface area contributed by atoms with Crippen LogP contribution < -0.4 is 4.74 Å². The lowest BCUT2D eigenvalue weighted by molar-refractivity contribution is 0.482. The molecule has 4 aromatic carbocycles. The van der Waals surface area contributed by atoms with Crippen molar-refractivity contribution in [1.82, 2.24) is 0 Å². The molecule has 2 aliphatic rings. The van der Waals surface area contributed by atoms with Gasteiger partial charge < -0.3 is 4.74 Å². The normalized spacial score (nSPS) is 14.1. The first-order valence-corrected chi connectivity index (χ1v) is 11.6. The van der Waals surface area contributed by atoms with Crippen molar-refractivity contribution in [1.29, 1.82) is 0 Å². The van der Waals surface area contributed by atoms with Crippen molar-refractivity contribution in [3.8, 4) is 22.6 Å². The summed E-state index contributed by atoms with van der Waals surface area (Å²) in [5.41, 5.74) is 11.5. The van der Waals surface area contributed by atoms with Crippen LogP contribution in [0.3, 0.4) is 0 Å². The lowest BCUT2D eigenvalue weighted by atomic mass is 9.78. The Morgan fingerprint density at radius 3 is 2.12 bits per heavy atom. The average molecular weight is 435 g/mol. The lowest BCUT2D eigenvalue weighted by Crippen LogP contribution is -2.10. The van der Waals surface area contributed by atoms with Crippen LogP contribution >= 0.6 is 11.6 Å². The molecular formula is C30H23ClO. The van der Waals surface area contributed by atoms with E-state index in [1.54, 1.807) is 11.1 Å². The van der Waals surface area contributed by atoms with Crippen molar-refractivity contribution in [2.24, 2.45) is 0 Å². The van der Waals surface area contributed by atoms with Crippen LogP contribution in [-0.2, 0) is 19.3 Å². The Morgan fingerprint density at radius 1 is 0.594 bits per heavy atom. The van der Waals surface area contributed by atoms with Crippen molar-refractivity contribution in [3.63, 3.8) is 0 Å². The van der Waals surface area contributed by atoms with Crippen LogP contribution in [0.1, 0.15) is 34.2 Å². The molecule has 0 spiro atoms. The highest BCUT2D eigenvalue weighted by atomic mass is 35.5. The summed E-state index contributed by atoms with van der Waals surface area (Å²) in [6.07, 6.45) is 6.85. The van der Waals surface area contributed by atoms with Gasteiger partial charge in [0, 0.05) is 5.02 Å². The topological polar surface area (TPSA) is 9.23 Å². The summed E-state index contributed by atoms with van der Waals surface area (Å²) in [5.74, 6) is 1.62. The van der Waals surface area contributed by atoms with Gasteiger partial charge in [0.25, 0.3) is 0 Å². The summed E-state index contributed by atoms with van der Waals surface area (Å²) in [5, 5.41) is 0.711. The van der Waals surface area contributed by atoms with Crippen LogP contribution in [0.25, 0.3) is 22.8 Å². The number of allylic oxidation sites excluding steroid dienone is 1. The molecule has 2 aliphatic carbocycles. The monoisotopic (exact) mass is 434 g/mol. The molecule has 0 aliphatic heterocycles. The van der Waals surface area contributed by atoms with Gasteiger partial charge in [0.2, 0.25) is 0 Å². The van der Waals surface area contributed by atoms with Gasteiger partial charge in [-0.1, -0.05) is 66.2 Å². The van der Waals surface area contributed by atoms with Gasteiger partial charge in [0.1, 0.15) is 11.5 Å². The maximum absolute atomic E-state index is 5.96. The predicted molar refractivity (Wildman–Crippen MR) is 133 cm³/mol. The Hall–Kier alpha value is -3.29. The average Bonchev–Trinajstić information content (AvgIpc) is 2.85. The molecular weight excluding hydrogens is 412 g/mol. The van der Waals surface area contributed by atoms with Crippen LogP contribution in [0.15, 0.2) is 84.9 Å². The molecule has 0 radical (unpaired) electrons. The minimum atomic E-state index is 0.711. The second-order valence-corrected chi connectivity index (χ2v) is 9.00. The van der Waals surface area contributed by atoms with E-state index in [0.717, 1.165) is 37.2 Å². The molecule has 0 fully saturated rings. The zero-order valence-electron chi connectivity index (χ0n) is 17.8. The maximum Gasteiger partial charge on any atom is 0.127 e. The van der Waals surface area contributed by atoms with E-state index in [-0.39, 0.29) is 0 Å². The molecule has 0 saturated carbocycles. The number of fused-ring (bicyclic) bond motifs is 5. The summed E-state index contributed by atoms with van der Waals surface area (Å²) in [7, 11) is 0. The fourth-order valence-corrected chi connectivity index (χ4v) is 5.19. The van der Waals surface area contributed by atoms with Gasteiger partial charge in [-0.25, -0.2) is 0 Å². The van der Waals surface area contributed by atoms with Crippen molar-refractivity contribution < 1.29 is 4.74 Å². The largest absolute Gasteiger partial charge is 0.457 e. The second-order valence-electron chi connectivity index (χ2n) is 8.57. The van der Waals surface area contributed by atoms with E-state index in [0.29, 0.717) is 5.02 Å². The molecule has 0 unspecified atom stereocenters. The number of benzene rings is 4. The quantitative estimate of drug-likeness (QED) is 0.314. The van der Waals surface area contributed by atoms with E-state index in [1.807, 2.05) is 36.4 Å². The van der Waals surface area contributed by atoms with Crippen LogP contribution in [0, 0.1) is 0 Å². The number of halogens is 1. The number of rotatable bonds is 3. The second kappa shape index (κ2) is 8.00. The van der Waals surface area contributed by atoms with Crippen LogP contribution in [-0.4, -0.2) is 0 Å². The molecule has 0 amide bonds. The highest BCUT2D eigenvalue weighted by Gasteiger charge is 2.22. The highest BCUT2D eigenvalue weighted by molar-refractivity contribution is 6.30. The predicted octanol–water partition coefficient (Wildman–Crippen LogP) is 8.38. The van der Waals surface area contributed by atoms with E-state index in [4.69, 9.17) is 16.3 Å². The Kier molecular flexibility index (Phi) is 4.85. The SMILES string of the molecule is Clc1ccc(Oc2ccc(C3=Cc4ccc5c(c4CC3)CCc3ccccc3-5)cc2)cc1. The molecule has 156 valence electrons. The van der Waals surface area contributed by atoms with Gasteiger partial charge in [0.15, 0.2) is 0 Å². The van der Waals surface area contributed by atoms with Crippen molar-refractivity contribution in [2.75, 3.05) is 0 Å². The van der Waals surface area contributed by atoms with Gasteiger partial charge in [-0.05, 0) is 107 Å². The molecule has 0 atom stereocenters. The maximum atomic E-state index is 5.96. The first-order chi connectivity index (χ1) is 15.7. The van der Waals surface area contributed by atoms with Gasteiger partial charge in [-0.3, -0.25) is 0 Å². The number of aryl methyl sites for hydroxylation is 1. The molecule has 0 N–H and O–H groups in total. The van der Waals surface area contributed by atoms with E-state index < -0.39 is 0 Å². The lowest BCUT2D eigenvalue weighted by Gasteiger charge is -2.26. The third-order valence-corrected chi connectivity index (χ3v) is 6.92. The van der Waals surface area contributed by atoms with Crippen molar-refractivity contribution >= 4 is 23.3 Å². The van der Waals surface area contributed by atoms with Crippen molar-refractivity contribution in [3.05, 3.63) is 118 Å². The van der Waals surface area contributed by atoms with E-state index in [2.05, 4.69) is 54.6 Å². The molecule has 0 heterocycles. The van der Waals surface area contributed by atoms with Crippen LogP contribution in [0.5, 0.6) is 11.5 Å².